The number of carbonyl (C=O) groups excluding carboxylic acids is 4. The Balaban J connectivity index is 0.000000241. The molecular weight excluding hydrogens is 967 g/mol. The van der Waals surface area contributed by atoms with E-state index < -0.39 is 0 Å². The number of hydrogen-bond donors (Lipinski definition) is 0. The van der Waals surface area contributed by atoms with Crippen molar-refractivity contribution in [1.29, 1.82) is 0 Å². The van der Waals surface area contributed by atoms with E-state index in [0.717, 1.165) is 49.7 Å². The highest BCUT2D eigenvalue weighted by molar-refractivity contribution is 8.77. The summed E-state index contributed by atoms with van der Waals surface area (Å²) < 4.78 is 0. The molecular formula is C48H56Cl4N4O4S4. The van der Waals surface area contributed by atoms with Gasteiger partial charge in [0.05, 0.1) is 55.7 Å². The van der Waals surface area contributed by atoms with Crippen LogP contribution in [0.4, 0.5) is 22.7 Å². The van der Waals surface area contributed by atoms with Crippen molar-refractivity contribution < 1.29 is 19.2 Å². The Morgan fingerprint density at radius 2 is 0.859 bits per heavy atom. The molecule has 2 aliphatic heterocycles. The fraction of sp³-hybridized carbons (Fsp3) is 0.417. The summed E-state index contributed by atoms with van der Waals surface area (Å²) >= 11 is 26.1. The fourth-order valence-electron chi connectivity index (χ4n) is 7.21. The summed E-state index contributed by atoms with van der Waals surface area (Å²) in [6.07, 6.45) is 9.54. The molecule has 0 spiro atoms. The second-order valence-electron chi connectivity index (χ2n) is 15.9. The molecule has 0 saturated carbocycles. The summed E-state index contributed by atoms with van der Waals surface area (Å²) in [7, 11) is 14.7. The molecule has 2 atom stereocenters. The van der Waals surface area contributed by atoms with E-state index in [1.54, 1.807) is 84.2 Å². The molecule has 2 aliphatic rings. The van der Waals surface area contributed by atoms with Crippen LogP contribution in [-0.2, 0) is 32.0 Å². The minimum atomic E-state index is -0.0711. The van der Waals surface area contributed by atoms with Gasteiger partial charge >= 0.3 is 0 Å². The van der Waals surface area contributed by atoms with Crippen LogP contribution in [0.5, 0.6) is 0 Å². The zero-order chi connectivity index (χ0) is 46.2. The number of amides is 4. The van der Waals surface area contributed by atoms with Gasteiger partial charge in [0.1, 0.15) is 0 Å². The number of halogens is 4. The van der Waals surface area contributed by atoms with Gasteiger partial charge in [0.15, 0.2) is 0 Å². The summed E-state index contributed by atoms with van der Waals surface area (Å²) in [5, 5.41) is 3.00. The van der Waals surface area contributed by atoms with Crippen LogP contribution in [0.1, 0.15) is 75.3 Å². The molecule has 2 heterocycles. The standard InChI is InChI=1S/2C24H28Cl2N2O2S2/c2*1-27(2)23(30)16-17-8-3-5-12-21(17)28(24-19(25)10-7-11-20(24)26)22(29)13-6-4-9-18-14-15-31-32-18/h2*3,5,7-8,10-12,18H,4,6,9,13-16H2,1-2H3/t2*18-/m10/s1. The van der Waals surface area contributed by atoms with Gasteiger partial charge in [-0.15, -0.1) is 0 Å². The molecule has 2 fully saturated rings. The maximum absolute atomic E-state index is 13.5. The van der Waals surface area contributed by atoms with E-state index >= 15 is 0 Å². The highest BCUT2D eigenvalue weighted by Gasteiger charge is 2.28. The molecule has 0 unspecified atom stereocenters. The fourth-order valence-corrected chi connectivity index (χ4v) is 14.4. The van der Waals surface area contributed by atoms with Crippen LogP contribution in [0.3, 0.4) is 0 Å². The quantitative estimate of drug-likeness (QED) is 0.0720. The second-order valence-corrected chi connectivity index (χ2v) is 23.1. The number of hydrogen-bond acceptors (Lipinski definition) is 8. The van der Waals surface area contributed by atoms with Gasteiger partial charge in [-0.2, -0.15) is 0 Å². The van der Waals surface area contributed by atoms with Crippen LogP contribution in [-0.4, -0.2) is 83.6 Å². The van der Waals surface area contributed by atoms with Gasteiger partial charge in [-0.05, 0) is 86.1 Å². The Morgan fingerprint density at radius 3 is 1.19 bits per heavy atom. The Bertz CT molecular complexity index is 2010. The topological polar surface area (TPSA) is 81.2 Å². The van der Waals surface area contributed by atoms with E-state index in [2.05, 4.69) is 0 Å². The predicted molar refractivity (Wildman–Crippen MR) is 279 cm³/mol. The lowest BCUT2D eigenvalue weighted by atomic mass is 10.1. The van der Waals surface area contributed by atoms with Crippen LogP contribution in [0.2, 0.25) is 20.1 Å². The first kappa shape index (κ1) is 52.3. The number of unbranched alkanes of at least 4 members (excludes halogenated alkanes) is 2. The lowest BCUT2D eigenvalue weighted by Crippen LogP contribution is -2.29. The molecule has 64 heavy (non-hydrogen) atoms. The molecule has 8 nitrogen and oxygen atoms in total. The number of rotatable bonds is 18. The zero-order valence-corrected chi connectivity index (χ0v) is 43.0. The maximum Gasteiger partial charge on any atom is 0.231 e. The van der Waals surface area contributed by atoms with Crippen LogP contribution in [0, 0.1) is 0 Å². The Kier molecular flexibility index (Phi) is 21.7. The minimum Gasteiger partial charge on any atom is -0.349 e. The van der Waals surface area contributed by atoms with E-state index in [9.17, 15) is 19.2 Å². The summed E-state index contributed by atoms with van der Waals surface area (Å²) in [6, 6.07) is 25.3. The molecule has 4 amide bonds. The normalized spacial score (nSPS) is 15.6. The maximum atomic E-state index is 13.5. The molecule has 16 heteroatoms. The van der Waals surface area contributed by atoms with E-state index in [4.69, 9.17) is 46.4 Å². The van der Waals surface area contributed by atoms with Gasteiger partial charge < -0.3 is 9.80 Å². The Hall–Kier alpha value is -2.68. The number of likely N-dealkylation sites (N-methyl/N-ethyl adjacent to an activating group) is 2. The van der Waals surface area contributed by atoms with Crippen molar-refractivity contribution in [2.24, 2.45) is 0 Å². The first-order valence-corrected chi connectivity index (χ1v) is 27.7. The summed E-state index contributed by atoms with van der Waals surface area (Å²) in [5.74, 6) is 2.21. The molecule has 0 bridgehead atoms. The summed E-state index contributed by atoms with van der Waals surface area (Å²) in [6.45, 7) is 0. The summed E-state index contributed by atoms with van der Waals surface area (Å²) in [4.78, 5) is 58.2. The molecule has 2 saturated heterocycles. The third-order valence-corrected chi connectivity index (χ3v) is 18.0. The van der Waals surface area contributed by atoms with Crippen LogP contribution in [0.15, 0.2) is 84.9 Å². The first-order chi connectivity index (χ1) is 30.8. The first-order valence-electron chi connectivity index (χ1n) is 21.4. The second kappa shape index (κ2) is 26.6. The molecule has 6 rings (SSSR count). The minimum absolute atomic E-state index is 0.0398. The van der Waals surface area contributed by atoms with Crippen molar-refractivity contribution in [3.05, 3.63) is 116 Å². The molecule has 0 radical (unpaired) electrons. The van der Waals surface area contributed by atoms with Crippen LogP contribution >= 0.6 is 89.6 Å². The average Bonchev–Trinajstić information content (AvgIpc) is 4.00. The van der Waals surface area contributed by atoms with Crippen molar-refractivity contribution in [3.8, 4) is 0 Å². The Labute approximate surface area is 415 Å². The zero-order valence-electron chi connectivity index (χ0n) is 36.7. The largest absolute Gasteiger partial charge is 0.349 e. The number of nitrogens with zero attached hydrogens (tertiary/aromatic N) is 4. The van der Waals surface area contributed by atoms with Crippen molar-refractivity contribution in [3.63, 3.8) is 0 Å². The van der Waals surface area contributed by atoms with Gasteiger partial charge in [0.2, 0.25) is 23.6 Å². The highest BCUT2D eigenvalue weighted by atomic mass is 35.5. The number of benzene rings is 4. The van der Waals surface area contributed by atoms with Crippen molar-refractivity contribution in [2.75, 3.05) is 49.5 Å². The monoisotopic (exact) mass is 1020 g/mol. The lowest BCUT2D eigenvalue weighted by molar-refractivity contribution is -0.128. The van der Waals surface area contributed by atoms with Gasteiger partial charge in [-0.25, -0.2) is 0 Å². The molecule has 344 valence electrons. The smallest absolute Gasteiger partial charge is 0.231 e. The Morgan fingerprint density at radius 1 is 0.500 bits per heavy atom. The third kappa shape index (κ3) is 15.2. The number of para-hydroxylation sites is 4. The van der Waals surface area contributed by atoms with E-state index in [-0.39, 0.29) is 36.5 Å². The van der Waals surface area contributed by atoms with Crippen molar-refractivity contribution in [1.82, 2.24) is 9.80 Å². The van der Waals surface area contributed by atoms with Gasteiger partial charge in [-0.3, -0.25) is 29.0 Å². The number of anilines is 4. The van der Waals surface area contributed by atoms with E-state index in [1.807, 2.05) is 91.7 Å². The van der Waals surface area contributed by atoms with Crippen LogP contribution in [0.25, 0.3) is 0 Å². The number of carbonyl (C=O) groups is 4. The average molecular weight is 1020 g/mol. The van der Waals surface area contributed by atoms with E-state index in [1.165, 1.54) is 24.3 Å². The highest BCUT2D eigenvalue weighted by Crippen LogP contribution is 2.43. The molecule has 0 aliphatic carbocycles. The van der Waals surface area contributed by atoms with Gasteiger partial charge in [-0.1, -0.05) is 151 Å². The molecule has 0 aromatic heterocycles. The van der Waals surface area contributed by atoms with Crippen molar-refractivity contribution in [2.45, 2.75) is 87.5 Å². The molecule has 0 N–H and O–H groups in total. The SMILES string of the molecule is CN(C)C(=O)Cc1ccccc1N(C(=O)CCCC[C@@H]1CCSS1)c1c(Cl)cccc1Cl.CN(C)C(=O)Cc1ccccc1N(C(=O)CCCC[C@H]1CCSS1)c1c(Cl)cccc1Cl. The van der Waals surface area contributed by atoms with Crippen LogP contribution < -0.4 is 9.80 Å². The van der Waals surface area contributed by atoms with E-state index in [0.29, 0.717) is 66.2 Å². The summed E-state index contributed by atoms with van der Waals surface area (Å²) in [5.41, 5.74) is 3.74. The molecule has 4 aromatic carbocycles. The predicted octanol–water partition coefficient (Wildman–Crippen LogP) is 14.0. The van der Waals surface area contributed by atoms with Crippen molar-refractivity contribution >= 4 is 136 Å². The third-order valence-electron chi connectivity index (χ3n) is 10.8. The molecule has 4 aromatic rings. The van der Waals surface area contributed by atoms with Gasteiger partial charge in [0.25, 0.3) is 0 Å². The van der Waals surface area contributed by atoms with Gasteiger partial charge in [0, 0.05) is 63.0 Å². The lowest BCUT2D eigenvalue weighted by Gasteiger charge is -2.27.